The lowest BCUT2D eigenvalue weighted by Crippen LogP contribution is -2.34. The van der Waals surface area contributed by atoms with Crippen LogP contribution in [0.5, 0.6) is 0 Å². The van der Waals surface area contributed by atoms with Crippen LogP contribution in [-0.4, -0.2) is 42.5 Å². The van der Waals surface area contributed by atoms with Gasteiger partial charge in [0.05, 0.1) is 12.6 Å². The summed E-state index contributed by atoms with van der Waals surface area (Å²) in [6, 6.07) is -0.340. The number of hydrogen-bond donors (Lipinski definition) is 1. The van der Waals surface area contributed by atoms with Crippen LogP contribution in [-0.2, 0) is 14.3 Å². The summed E-state index contributed by atoms with van der Waals surface area (Å²) in [7, 11) is 0. The van der Waals surface area contributed by atoms with Gasteiger partial charge in [-0.1, -0.05) is 0 Å². The minimum atomic E-state index is -0.340. The number of carbonyl (C=O) groups excluding carboxylic acids is 2. The molecule has 2 N–H and O–H groups in total. The number of hydrogen-bond acceptors (Lipinski definition) is 4. The number of likely N-dealkylation sites (tertiary alicyclic amines) is 1. The van der Waals surface area contributed by atoms with Crippen molar-refractivity contribution in [2.75, 3.05) is 19.7 Å². The second kappa shape index (κ2) is 5.70. The van der Waals surface area contributed by atoms with E-state index in [0.29, 0.717) is 32.5 Å². The number of ether oxygens (including phenoxy) is 1. The topological polar surface area (TPSA) is 72.6 Å². The Hall–Kier alpha value is -1.10. The molecule has 0 aromatic carbocycles. The highest BCUT2D eigenvalue weighted by Crippen LogP contribution is 2.10. The largest absolute Gasteiger partial charge is 0.466 e. The average molecular weight is 214 g/mol. The van der Waals surface area contributed by atoms with Gasteiger partial charge in [0.2, 0.25) is 5.91 Å². The molecule has 0 spiro atoms. The van der Waals surface area contributed by atoms with Crippen LogP contribution in [0.2, 0.25) is 0 Å². The van der Waals surface area contributed by atoms with Crippen LogP contribution in [0.25, 0.3) is 0 Å². The molecule has 1 atom stereocenters. The summed E-state index contributed by atoms with van der Waals surface area (Å²) in [5.41, 5.74) is 5.57. The zero-order valence-corrected chi connectivity index (χ0v) is 9.07. The van der Waals surface area contributed by atoms with Gasteiger partial charge in [0.1, 0.15) is 0 Å². The summed E-state index contributed by atoms with van der Waals surface area (Å²) in [6.07, 6.45) is 1.74. The molecule has 0 radical (unpaired) electrons. The second-order valence-electron chi connectivity index (χ2n) is 3.63. The Balaban J connectivity index is 2.15. The third kappa shape index (κ3) is 3.51. The maximum absolute atomic E-state index is 11.4. The normalized spacial score (nSPS) is 20.8. The molecule has 0 aliphatic carbocycles. The number of carbonyl (C=O) groups is 2. The van der Waals surface area contributed by atoms with Crippen molar-refractivity contribution in [1.29, 1.82) is 0 Å². The van der Waals surface area contributed by atoms with Gasteiger partial charge in [-0.25, -0.2) is 0 Å². The molecule has 5 nitrogen and oxygen atoms in total. The minimum Gasteiger partial charge on any atom is -0.466 e. The molecule has 1 saturated heterocycles. The van der Waals surface area contributed by atoms with E-state index in [1.165, 1.54) is 0 Å². The van der Waals surface area contributed by atoms with Crippen molar-refractivity contribution in [1.82, 2.24) is 4.90 Å². The summed E-state index contributed by atoms with van der Waals surface area (Å²) < 4.78 is 4.79. The Morgan fingerprint density at radius 2 is 2.40 bits per heavy atom. The predicted molar refractivity (Wildman–Crippen MR) is 55.0 cm³/mol. The van der Waals surface area contributed by atoms with Gasteiger partial charge < -0.3 is 15.4 Å². The lowest BCUT2D eigenvalue weighted by Gasteiger charge is -2.15. The third-order valence-electron chi connectivity index (χ3n) is 2.45. The van der Waals surface area contributed by atoms with E-state index in [2.05, 4.69) is 0 Å². The molecule has 0 saturated carbocycles. The zero-order valence-electron chi connectivity index (χ0n) is 9.07. The number of rotatable bonds is 5. The monoisotopic (exact) mass is 214 g/mol. The summed E-state index contributed by atoms with van der Waals surface area (Å²) in [6.45, 7) is 3.50. The Labute approximate surface area is 89.6 Å². The van der Waals surface area contributed by atoms with Crippen LogP contribution in [0.15, 0.2) is 0 Å². The molecule has 1 fully saturated rings. The van der Waals surface area contributed by atoms with E-state index in [1.807, 2.05) is 0 Å². The Bertz CT molecular complexity index is 243. The molecule has 0 aromatic heterocycles. The first kappa shape index (κ1) is 12.0. The molecule has 15 heavy (non-hydrogen) atoms. The summed E-state index contributed by atoms with van der Waals surface area (Å²) in [4.78, 5) is 24.1. The summed E-state index contributed by atoms with van der Waals surface area (Å²) >= 11 is 0. The number of esters is 1. The molecule has 1 aliphatic rings. The first-order valence-corrected chi connectivity index (χ1v) is 5.35. The smallest absolute Gasteiger partial charge is 0.305 e. The first-order chi connectivity index (χ1) is 7.15. The highest BCUT2D eigenvalue weighted by molar-refractivity contribution is 5.83. The van der Waals surface area contributed by atoms with Gasteiger partial charge in [0, 0.05) is 19.5 Å². The molecule has 1 aliphatic heterocycles. The van der Waals surface area contributed by atoms with Crippen LogP contribution in [0.3, 0.4) is 0 Å². The van der Waals surface area contributed by atoms with E-state index in [0.717, 1.165) is 6.42 Å². The molecule has 0 bridgehead atoms. The number of nitrogens with two attached hydrogens (primary N) is 1. The van der Waals surface area contributed by atoms with E-state index in [9.17, 15) is 9.59 Å². The Morgan fingerprint density at radius 3 is 2.93 bits per heavy atom. The highest BCUT2D eigenvalue weighted by atomic mass is 16.5. The molecular formula is C10H18N2O3. The SMILES string of the molecule is CCOC(=O)CCCN1CCC(N)C1=O. The van der Waals surface area contributed by atoms with Crippen molar-refractivity contribution < 1.29 is 14.3 Å². The van der Waals surface area contributed by atoms with Gasteiger partial charge in [-0.15, -0.1) is 0 Å². The maximum atomic E-state index is 11.4. The fourth-order valence-electron chi connectivity index (χ4n) is 1.63. The molecule has 1 unspecified atom stereocenters. The van der Waals surface area contributed by atoms with Gasteiger partial charge in [0.15, 0.2) is 0 Å². The third-order valence-corrected chi connectivity index (χ3v) is 2.45. The van der Waals surface area contributed by atoms with Crippen molar-refractivity contribution in [3.63, 3.8) is 0 Å². The van der Waals surface area contributed by atoms with Crippen molar-refractivity contribution in [3.05, 3.63) is 0 Å². The minimum absolute atomic E-state index is 0.00106. The summed E-state index contributed by atoms with van der Waals surface area (Å²) in [5, 5.41) is 0. The van der Waals surface area contributed by atoms with Gasteiger partial charge in [-0.2, -0.15) is 0 Å². The Kier molecular flexibility index (Phi) is 4.55. The van der Waals surface area contributed by atoms with Crippen molar-refractivity contribution in [3.8, 4) is 0 Å². The highest BCUT2D eigenvalue weighted by Gasteiger charge is 2.27. The molecule has 0 aromatic rings. The van der Waals surface area contributed by atoms with E-state index >= 15 is 0 Å². The second-order valence-corrected chi connectivity index (χ2v) is 3.63. The van der Waals surface area contributed by atoms with E-state index < -0.39 is 0 Å². The molecule has 5 heteroatoms. The van der Waals surface area contributed by atoms with Crippen LogP contribution < -0.4 is 5.73 Å². The first-order valence-electron chi connectivity index (χ1n) is 5.35. The van der Waals surface area contributed by atoms with Crippen LogP contribution in [0.1, 0.15) is 26.2 Å². The number of nitrogens with zero attached hydrogens (tertiary/aromatic N) is 1. The van der Waals surface area contributed by atoms with Crippen LogP contribution in [0, 0.1) is 0 Å². The quantitative estimate of drug-likeness (QED) is 0.648. The molecule has 1 heterocycles. The standard InChI is InChI=1S/C10H18N2O3/c1-2-15-9(13)4-3-6-12-7-5-8(11)10(12)14/h8H,2-7,11H2,1H3. The number of amides is 1. The van der Waals surface area contributed by atoms with Gasteiger partial charge in [0.25, 0.3) is 0 Å². The van der Waals surface area contributed by atoms with Crippen molar-refractivity contribution in [2.45, 2.75) is 32.2 Å². The summed E-state index contributed by atoms with van der Waals surface area (Å²) in [5.74, 6) is -0.202. The fraction of sp³-hybridized carbons (Fsp3) is 0.800. The Morgan fingerprint density at radius 1 is 1.67 bits per heavy atom. The van der Waals surface area contributed by atoms with Crippen molar-refractivity contribution >= 4 is 11.9 Å². The van der Waals surface area contributed by atoms with Crippen LogP contribution in [0.4, 0.5) is 0 Å². The van der Waals surface area contributed by atoms with Gasteiger partial charge in [-0.05, 0) is 19.8 Å². The average Bonchev–Trinajstić information content (AvgIpc) is 2.50. The lowest BCUT2D eigenvalue weighted by atomic mass is 10.3. The van der Waals surface area contributed by atoms with Gasteiger partial charge >= 0.3 is 5.97 Å². The predicted octanol–water partition coefficient (Wildman–Crippen LogP) is -0.111. The zero-order chi connectivity index (χ0) is 11.3. The molecular weight excluding hydrogens is 196 g/mol. The van der Waals surface area contributed by atoms with Crippen molar-refractivity contribution in [2.24, 2.45) is 5.73 Å². The molecule has 86 valence electrons. The van der Waals surface area contributed by atoms with E-state index in [-0.39, 0.29) is 17.9 Å². The van der Waals surface area contributed by atoms with E-state index in [4.69, 9.17) is 10.5 Å². The van der Waals surface area contributed by atoms with Crippen LogP contribution >= 0.6 is 0 Å². The fourth-order valence-corrected chi connectivity index (χ4v) is 1.63. The maximum Gasteiger partial charge on any atom is 0.305 e. The van der Waals surface area contributed by atoms with E-state index in [1.54, 1.807) is 11.8 Å². The lowest BCUT2D eigenvalue weighted by molar-refractivity contribution is -0.143. The van der Waals surface area contributed by atoms with Gasteiger partial charge in [-0.3, -0.25) is 9.59 Å². The molecule has 1 rings (SSSR count). The molecule has 1 amide bonds.